The van der Waals surface area contributed by atoms with E-state index in [2.05, 4.69) is 21.2 Å². The number of ether oxygens (including phenoxy) is 1. The molecule has 5 heteroatoms. The van der Waals surface area contributed by atoms with Crippen LogP contribution in [0.4, 0.5) is 4.79 Å². The first-order chi connectivity index (χ1) is 12.6. The van der Waals surface area contributed by atoms with Gasteiger partial charge in [0.05, 0.1) is 11.5 Å². The van der Waals surface area contributed by atoms with Gasteiger partial charge in [0.1, 0.15) is 5.60 Å². The molecule has 0 radical (unpaired) electrons. The Kier molecular flexibility index (Phi) is 5.17. The van der Waals surface area contributed by atoms with Crippen LogP contribution in [-0.4, -0.2) is 17.5 Å². The van der Waals surface area contributed by atoms with E-state index in [-0.39, 0.29) is 5.78 Å². The van der Waals surface area contributed by atoms with E-state index in [1.807, 2.05) is 76.2 Å². The van der Waals surface area contributed by atoms with Gasteiger partial charge < -0.3 is 10.1 Å². The molecule has 0 aliphatic heterocycles. The van der Waals surface area contributed by atoms with E-state index in [1.165, 1.54) is 0 Å². The summed E-state index contributed by atoms with van der Waals surface area (Å²) in [6, 6.07) is 14.8. The van der Waals surface area contributed by atoms with Crippen molar-refractivity contribution in [2.75, 3.05) is 0 Å². The van der Waals surface area contributed by atoms with E-state index in [0.29, 0.717) is 6.42 Å². The highest BCUT2D eigenvalue weighted by Gasteiger charge is 2.49. The van der Waals surface area contributed by atoms with Gasteiger partial charge >= 0.3 is 6.09 Å². The molecular weight excluding hydrogens is 406 g/mol. The highest BCUT2D eigenvalue weighted by Crippen LogP contribution is 2.47. The van der Waals surface area contributed by atoms with Crippen molar-refractivity contribution < 1.29 is 14.3 Å². The van der Waals surface area contributed by atoms with Gasteiger partial charge in [-0.05, 0) is 51.3 Å². The minimum atomic E-state index is -0.801. The van der Waals surface area contributed by atoms with Crippen LogP contribution in [0.5, 0.6) is 0 Å². The lowest BCUT2D eigenvalue weighted by molar-refractivity contribution is 0.0443. The molecule has 0 unspecified atom stereocenters. The lowest BCUT2D eigenvalue weighted by Crippen LogP contribution is -2.45. The van der Waals surface area contributed by atoms with Gasteiger partial charge in [-0.2, -0.15) is 0 Å². The van der Waals surface area contributed by atoms with Crippen molar-refractivity contribution in [3.05, 3.63) is 69.7 Å². The highest BCUT2D eigenvalue weighted by atomic mass is 79.9. The fraction of sp³-hybridized carbons (Fsp3) is 0.364. The van der Waals surface area contributed by atoms with Crippen LogP contribution in [0, 0.1) is 5.41 Å². The summed E-state index contributed by atoms with van der Waals surface area (Å²) in [6.45, 7) is 7.37. The predicted molar refractivity (Wildman–Crippen MR) is 109 cm³/mol. The molecule has 0 saturated carbocycles. The molecule has 1 N–H and O–H groups in total. The Morgan fingerprint density at radius 2 is 1.78 bits per heavy atom. The Hall–Kier alpha value is -2.14. The minimum absolute atomic E-state index is 0.0370. The third-order valence-electron chi connectivity index (χ3n) is 4.85. The van der Waals surface area contributed by atoms with Crippen LogP contribution in [0.25, 0.3) is 0 Å². The molecule has 1 aliphatic carbocycles. The molecule has 0 heterocycles. The summed E-state index contributed by atoms with van der Waals surface area (Å²) >= 11 is 3.57. The molecule has 1 aliphatic rings. The van der Waals surface area contributed by atoms with E-state index in [1.54, 1.807) is 0 Å². The van der Waals surface area contributed by atoms with Crippen molar-refractivity contribution in [3.8, 4) is 0 Å². The monoisotopic (exact) mass is 429 g/mol. The molecule has 2 atom stereocenters. The Labute approximate surface area is 168 Å². The van der Waals surface area contributed by atoms with Gasteiger partial charge in [0.25, 0.3) is 0 Å². The number of fused-ring (bicyclic) bond motifs is 1. The first-order valence-corrected chi connectivity index (χ1v) is 9.78. The molecule has 0 spiro atoms. The number of benzene rings is 2. The number of nitrogens with one attached hydrogen (secondary N) is 1. The van der Waals surface area contributed by atoms with Crippen LogP contribution in [0.15, 0.2) is 53.0 Å². The summed E-state index contributed by atoms with van der Waals surface area (Å²) < 4.78 is 6.31. The van der Waals surface area contributed by atoms with Crippen molar-refractivity contribution in [1.29, 1.82) is 0 Å². The van der Waals surface area contributed by atoms with Gasteiger partial charge in [-0.25, -0.2) is 4.79 Å². The second-order valence-electron chi connectivity index (χ2n) is 8.18. The van der Waals surface area contributed by atoms with E-state index < -0.39 is 23.2 Å². The smallest absolute Gasteiger partial charge is 0.408 e. The zero-order valence-corrected chi connectivity index (χ0v) is 17.6. The lowest BCUT2D eigenvalue weighted by atomic mass is 9.75. The van der Waals surface area contributed by atoms with Gasteiger partial charge in [0, 0.05) is 10.0 Å². The number of alkyl carbamates (subject to hydrolysis) is 1. The third kappa shape index (κ3) is 3.93. The van der Waals surface area contributed by atoms with Crippen LogP contribution in [-0.2, 0) is 11.2 Å². The largest absolute Gasteiger partial charge is 0.444 e. The fourth-order valence-corrected chi connectivity index (χ4v) is 4.14. The molecular formula is C22H24BrNO3. The van der Waals surface area contributed by atoms with E-state index in [4.69, 9.17) is 4.74 Å². The average Bonchev–Trinajstić information content (AvgIpc) is 2.84. The minimum Gasteiger partial charge on any atom is -0.444 e. The van der Waals surface area contributed by atoms with Crippen molar-refractivity contribution >= 4 is 27.8 Å². The quantitative estimate of drug-likeness (QED) is 0.704. The normalized spacial score (nSPS) is 20.1. The van der Waals surface area contributed by atoms with E-state index in [9.17, 15) is 9.59 Å². The van der Waals surface area contributed by atoms with Crippen molar-refractivity contribution in [2.24, 2.45) is 5.41 Å². The predicted octanol–water partition coefficient (Wildman–Crippen LogP) is 5.46. The maximum atomic E-state index is 13.3. The number of rotatable bonds is 3. The standard InChI is InChI=1S/C22H24BrNO3/c1-21(2,3)27-20(26)24-18(16-11-7-8-12-17(16)23)22(4)13-14-9-5-6-10-15(14)19(22)25/h5-12,18H,13H2,1-4H3,(H,24,26)/t18-,22+/m0/s1. The van der Waals surface area contributed by atoms with Crippen molar-refractivity contribution in [1.82, 2.24) is 5.32 Å². The maximum Gasteiger partial charge on any atom is 0.408 e. The van der Waals surface area contributed by atoms with Crippen LogP contribution in [0.2, 0.25) is 0 Å². The Bertz CT molecular complexity index is 887. The second-order valence-corrected chi connectivity index (χ2v) is 9.04. The molecule has 0 fully saturated rings. The van der Waals surface area contributed by atoms with Gasteiger partial charge in [0.2, 0.25) is 0 Å². The molecule has 142 valence electrons. The number of hydrogen-bond donors (Lipinski definition) is 1. The van der Waals surface area contributed by atoms with Gasteiger partial charge in [-0.1, -0.05) is 58.4 Å². The van der Waals surface area contributed by atoms with Crippen molar-refractivity contribution in [2.45, 2.75) is 45.8 Å². The molecule has 27 heavy (non-hydrogen) atoms. The number of carbonyl (C=O) groups excluding carboxylic acids is 2. The summed E-state index contributed by atoms with van der Waals surface area (Å²) in [5.41, 5.74) is 1.17. The summed E-state index contributed by atoms with van der Waals surface area (Å²) in [5.74, 6) is 0.0370. The Balaban J connectivity index is 2.02. The number of halogens is 1. The SMILES string of the molecule is CC(C)(C)OC(=O)N[C@@H](c1ccccc1Br)[C@@]1(C)Cc2ccccc2C1=O. The summed E-state index contributed by atoms with van der Waals surface area (Å²) in [6.07, 6.45) is 0.0253. The van der Waals surface area contributed by atoms with Crippen LogP contribution < -0.4 is 5.32 Å². The van der Waals surface area contributed by atoms with Gasteiger partial charge in [-0.3, -0.25) is 4.79 Å². The summed E-state index contributed by atoms with van der Waals surface area (Å²) in [5, 5.41) is 2.97. The van der Waals surface area contributed by atoms with Crippen LogP contribution >= 0.6 is 15.9 Å². The van der Waals surface area contributed by atoms with E-state index >= 15 is 0 Å². The number of carbonyl (C=O) groups is 2. The second kappa shape index (κ2) is 7.12. The molecule has 3 rings (SSSR count). The molecule has 4 nitrogen and oxygen atoms in total. The summed E-state index contributed by atoms with van der Waals surface area (Å²) in [7, 11) is 0. The van der Waals surface area contributed by atoms with Gasteiger partial charge in [0.15, 0.2) is 5.78 Å². The molecule has 2 aromatic carbocycles. The van der Waals surface area contributed by atoms with Crippen LogP contribution in [0.1, 0.15) is 55.2 Å². The fourth-order valence-electron chi connectivity index (χ4n) is 3.63. The average molecular weight is 430 g/mol. The Morgan fingerprint density at radius 1 is 1.15 bits per heavy atom. The molecule has 2 aromatic rings. The molecule has 0 saturated heterocycles. The zero-order valence-electron chi connectivity index (χ0n) is 16.0. The molecule has 0 aromatic heterocycles. The van der Waals surface area contributed by atoms with Gasteiger partial charge in [-0.15, -0.1) is 0 Å². The molecule has 1 amide bonds. The number of hydrogen-bond acceptors (Lipinski definition) is 3. The van der Waals surface area contributed by atoms with Crippen LogP contribution in [0.3, 0.4) is 0 Å². The van der Waals surface area contributed by atoms with Crippen molar-refractivity contribution in [3.63, 3.8) is 0 Å². The lowest BCUT2D eigenvalue weighted by Gasteiger charge is -2.35. The highest BCUT2D eigenvalue weighted by molar-refractivity contribution is 9.10. The number of ketones is 1. The Morgan fingerprint density at radius 3 is 2.41 bits per heavy atom. The first kappa shape index (κ1) is 19.6. The first-order valence-electron chi connectivity index (χ1n) is 8.98. The zero-order chi connectivity index (χ0) is 19.8. The maximum absolute atomic E-state index is 13.3. The number of amides is 1. The van der Waals surface area contributed by atoms with E-state index in [0.717, 1.165) is 21.2 Å². The molecule has 0 bridgehead atoms. The number of Topliss-reactive ketones (excluding diaryl/α,β-unsaturated/α-hetero) is 1. The topological polar surface area (TPSA) is 55.4 Å². The third-order valence-corrected chi connectivity index (χ3v) is 5.57. The summed E-state index contributed by atoms with van der Waals surface area (Å²) in [4.78, 5) is 25.9.